The Labute approximate surface area is 75.8 Å². The molecule has 0 saturated carbocycles. The second kappa shape index (κ2) is 3.05. The van der Waals surface area contributed by atoms with E-state index >= 15 is 0 Å². The van der Waals surface area contributed by atoms with Crippen molar-refractivity contribution in [1.29, 1.82) is 0 Å². The number of nitrogens with two attached hydrogens (primary N) is 1. The van der Waals surface area contributed by atoms with Crippen molar-refractivity contribution in [3.63, 3.8) is 0 Å². The number of fused-ring (bicyclic) bond motifs is 2. The Morgan fingerprint density at radius 2 is 2.00 bits per heavy atom. The number of carbonyl (C=O) groups is 1. The molecule has 2 bridgehead atoms. The molecule has 2 aliphatic heterocycles. The number of aliphatic carboxylic acids is 1. The molecule has 68 valence electrons. The smallest absolute Gasteiger partial charge is 0.311 e. The van der Waals surface area contributed by atoms with E-state index in [1.54, 1.807) is 6.08 Å². The van der Waals surface area contributed by atoms with Gasteiger partial charge in [-0.3, -0.25) is 4.79 Å². The van der Waals surface area contributed by atoms with Crippen molar-refractivity contribution in [2.24, 2.45) is 11.7 Å². The number of carboxylic acid groups (broad SMARTS) is 1. The maximum atomic E-state index is 10.6. The zero-order valence-electron chi connectivity index (χ0n) is 6.21. The first-order chi connectivity index (χ1) is 5.20. The summed E-state index contributed by atoms with van der Waals surface area (Å²) >= 11 is 0. The summed E-state index contributed by atoms with van der Waals surface area (Å²) in [6.45, 7) is 0. The average Bonchev–Trinajstić information content (AvgIpc) is 2.44. The molecule has 1 saturated heterocycles. The van der Waals surface area contributed by atoms with Gasteiger partial charge in [-0.25, -0.2) is 0 Å². The summed E-state index contributed by atoms with van der Waals surface area (Å²) in [5.74, 6) is -1.42. The molecule has 0 aromatic heterocycles. The van der Waals surface area contributed by atoms with E-state index < -0.39 is 11.9 Å². The monoisotopic (exact) mass is 191 g/mol. The molecule has 4 atom stereocenters. The first kappa shape index (κ1) is 9.51. The Balaban J connectivity index is 0.000000720. The van der Waals surface area contributed by atoms with Crippen LogP contribution < -0.4 is 5.73 Å². The van der Waals surface area contributed by atoms with Gasteiger partial charge in [0, 0.05) is 0 Å². The van der Waals surface area contributed by atoms with Crippen LogP contribution in [0.3, 0.4) is 0 Å². The Hall–Kier alpha value is -0.580. The maximum Gasteiger partial charge on any atom is 0.311 e. The molecule has 12 heavy (non-hydrogen) atoms. The number of hydrogen-bond acceptors (Lipinski definition) is 3. The Morgan fingerprint density at radius 3 is 2.33 bits per heavy atom. The second-order valence-corrected chi connectivity index (χ2v) is 2.89. The van der Waals surface area contributed by atoms with Crippen molar-refractivity contribution in [3.8, 4) is 0 Å². The Morgan fingerprint density at radius 1 is 1.42 bits per heavy atom. The lowest BCUT2D eigenvalue weighted by atomic mass is 9.90. The van der Waals surface area contributed by atoms with Gasteiger partial charge in [-0.15, -0.1) is 12.4 Å². The predicted molar refractivity (Wildman–Crippen MR) is 44.2 cm³/mol. The van der Waals surface area contributed by atoms with Crippen LogP contribution in [0.15, 0.2) is 12.2 Å². The van der Waals surface area contributed by atoms with E-state index in [1.807, 2.05) is 6.08 Å². The number of ether oxygens (including phenoxy) is 1. The van der Waals surface area contributed by atoms with Gasteiger partial charge < -0.3 is 15.6 Å². The van der Waals surface area contributed by atoms with Crippen LogP contribution in [0.4, 0.5) is 0 Å². The third kappa shape index (κ3) is 1.12. The molecule has 0 aromatic carbocycles. The summed E-state index contributed by atoms with van der Waals surface area (Å²) in [6.07, 6.45) is 3.12. The second-order valence-electron chi connectivity index (χ2n) is 2.89. The fourth-order valence-electron chi connectivity index (χ4n) is 1.64. The third-order valence-corrected chi connectivity index (χ3v) is 2.24. The van der Waals surface area contributed by atoms with Gasteiger partial charge in [0.2, 0.25) is 0 Å². The highest BCUT2D eigenvalue weighted by molar-refractivity contribution is 5.85. The van der Waals surface area contributed by atoms with E-state index in [2.05, 4.69) is 0 Å². The third-order valence-electron chi connectivity index (χ3n) is 2.24. The molecule has 1 fully saturated rings. The van der Waals surface area contributed by atoms with Gasteiger partial charge in [-0.2, -0.15) is 0 Å². The maximum absolute atomic E-state index is 10.6. The van der Waals surface area contributed by atoms with Crippen LogP contribution in [0.1, 0.15) is 0 Å². The van der Waals surface area contributed by atoms with Crippen molar-refractivity contribution in [2.75, 3.05) is 0 Å². The van der Waals surface area contributed by atoms with E-state index in [-0.39, 0.29) is 30.7 Å². The Kier molecular flexibility index (Phi) is 2.41. The average molecular weight is 192 g/mol. The quantitative estimate of drug-likeness (QED) is 0.562. The predicted octanol–water partition coefficient (Wildman–Crippen LogP) is -0.227. The van der Waals surface area contributed by atoms with Crippen LogP contribution in [0, 0.1) is 5.92 Å². The van der Waals surface area contributed by atoms with Gasteiger partial charge in [0.25, 0.3) is 0 Å². The van der Waals surface area contributed by atoms with Crippen molar-refractivity contribution >= 4 is 18.4 Å². The zero-order chi connectivity index (χ0) is 8.01. The number of carboxylic acids is 1. The fourth-order valence-corrected chi connectivity index (χ4v) is 1.64. The molecular weight excluding hydrogens is 182 g/mol. The molecule has 2 aliphatic rings. The molecule has 4 nitrogen and oxygen atoms in total. The standard InChI is InChI=1S/C7H9NO3.ClH/c8-6-4-2-1-3(11-4)5(6)7(9)10;/h1-6H,8H2,(H,9,10);1H/t3-,4+,5-,6+;/m1./s1. The first-order valence-corrected chi connectivity index (χ1v) is 3.52. The minimum atomic E-state index is -0.866. The lowest BCUT2D eigenvalue weighted by Gasteiger charge is -2.16. The lowest BCUT2D eigenvalue weighted by Crippen LogP contribution is -2.41. The van der Waals surface area contributed by atoms with Crippen LogP contribution >= 0.6 is 12.4 Å². The topological polar surface area (TPSA) is 72.6 Å². The van der Waals surface area contributed by atoms with Crippen molar-refractivity contribution in [3.05, 3.63) is 12.2 Å². The van der Waals surface area contributed by atoms with Gasteiger partial charge in [0.15, 0.2) is 0 Å². The molecule has 0 radical (unpaired) electrons. The summed E-state index contributed by atoms with van der Waals surface area (Å²) in [5, 5.41) is 8.71. The zero-order valence-corrected chi connectivity index (χ0v) is 7.03. The summed E-state index contributed by atoms with van der Waals surface area (Å²) < 4.78 is 5.24. The molecule has 0 aromatic rings. The minimum Gasteiger partial charge on any atom is -0.481 e. The number of rotatable bonds is 1. The minimum absolute atomic E-state index is 0. The van der Waals surface area contributed by atoms with E-state index in [9.17, 15) is 4.79 Å². The molecule has 2 heterocycles. The number of hydrogen-bond donors (Lipinski definition) is 2. The highest BCUT2D eigenvalue weighted by atomic mass is 35.5. The van der Waals surface area contributed by atoms with Gasteiger partial charge in [0.05, 0.1) is 18.2 Å². The van der Waals surface area contributed by atoms with Gasteiger partial charge in [0.1, 0.15) is 5.92 Å². The first-order valence-electron chi connectivity index (χ1n) is 3.52. The highest BCUT2D eigenvalue weighted by Crippen LogP contribution is 2.32. The van der Waals surface area contributed by atoms with Crippen LogP contribution in [-0.2, 0) is 9.53 Å². The van der Waals surface area contributed by atoms with Crippen LogP contribution in [0.5, 0.6) is 0 Å². The van der Waals surface area contributed by atoms with Crippen molar-refractivity contribution < 1.29 is 14.6 Å². The summed E-state index contributed by atoms with van der Waals surface area (Å²) in [6, 6.07) is -0.373. The molecule has 0 aliphatic carbocycles. The summed E-state index contributed by atoms with van der Waals surface area (Å²) in [4.78, 5) is 10.6. The highest BCUT2D eigenvalue weighted by Gasteiger charge is 2.47. The molecule has 0 unspecified atom stereocenters. The molecule has 5 heteroatoms. The molecule has 3 N–H and O–H groups in total. The van der Waals surface area contributed by atoms with Gasteiger partial charge in [-0.1, -0.05) is 12.2 Å². The molecule has 0 amide bonds. The molecule has 0 spiro atoms. The van der Waals surface area contributed by atoms with Crippen molar-refractivity contribution in [2.45, 2.75) is 18.2 Å². The van der Waals surface area contributed by atoms with Gasteiger partial charge >= 0.3 is 5.97 Å². The summed E-state index contributed by atoms with van der Waals surface area (Å²) in [5.41, 5.74) is 5.61. The Bertz CT molecular complexity index is 231. The molecule has 2 rings (SSSR count). The van der Waals surface area contributed by atoms with Gasteiger partial charge in [-0.05, 0) is 0 Å². The van der Waals surface area contributed by atoms with Crippen LogP contribution in [-0.4, -0.2) is 29.3 Å². The SMILES string of the molecule is Cl.N[C@@H]1[C@H](C(=O)O)[C@H]2C=C[C@@H]1O2. The number of halogens is 1. The normalized spacial score (nSPS) is 42.8. The van der Waals surface area contributed by atoms with Crippen LogP contribution in [0.2, 0.25) is 0 Å². The fraction of sp³-hybridized carbons (Fsp3) is 0.571. The largest absolute Gasteiger partial charge is 0.481 e. The van der Waals surface area contributed by atoms with Crippen molar-refractivity contribution in [1.82, 2.24) is 0 Å². The van der Waals surface area contributed by atoms with E-state index in [0.717, 1.165) is 0 Å². The summed E-state index contributed by atoms with van der Waals surface area (Å²) in [7, 11) is 0. The molecular formula is C7H10ClNO3. The van der Waals surface area contributed by atoms with Crippen LogP contribution in [0.25, 0.3) is 0 Å². The lowest BCUT2D eigenvalue weighted by molar-refractivity contribution is -0.143. The van der Waals surface area contributed by atoms with E-state index in [1.165, 1.54) is 0 Å². The van der Waals surface area contributed by atoms with E-state index in [0.29, 0.717) is 0 Å². The van der Waals surface area contributed by atoms with E-state index in [4.69, 9.17) is 15.6 Å².